The van der Waals surface area contributed by atoms with Gasteiger partial charge in [-0.3, -0.25) is 4.79 Å². The molecular formula is C25H20O3. The molecule has 0 aromatic heterocycles. The highest BCUT2D eigenvalue weighted by molar-refractivity contribution is 5.98. The van der Waals surface area contributed by atoms with Crippen LogP contribution in [0.4, 0.5) is 0 Å². The number of hydrogen-bond donors (Lipinski definition) is 0. The van der Waals surface area contributed by atoms with Gasteiger partial charge in [-0.15, -0.1) is 0 Å². The third-order valence-electron chi connectivity index (χ3n) is 5.51. The summed E-state index contributed by atoms with van der Waals surface area (Å²) in [5.74, 6) is 0.955. The standard InChI is InChI=1S/C25H20O3/c1-27-20-9-7-16(8-10-20)18-13-19(15-22(26)17-5-3-2-4-6-17)25-21(14-18)23-11-12-24(25)28-23/h2-14,23-24H,15H2,1H3. The molecule has 0 radical (unpaired) electrons. The van der Waals surface area contributed by atoms with Crippen LogP contribution in [0.5, 0.6) is 5.75 Å². The first-order valence-corrected chi connectivity index (χ1v) is 9.46. The van der Waals surface area contributed by atoms with Gasteiger partial charge in [-0.1, -0.05) is 60.7 Å². The lowest BCUT2D eigenvalue weighted by Gasteiger charge is -2.16. The average Bonchev–Trinajstić information content (AvgIpc) is 3.37. The van der Waals surface area contributed by atoms with Gasteiger partial charge in [-0.05, 0) is 46.0 Å². The molecule has 2 atom stereocenters. The van der Waals surface area contributed by atoms with E-state index < -0.39 is 0 Å². The molecule has 2 bridgehead atoms. The number of benzene rings is 3. The molecule has 2 unspecified atom stereocenters. The van der Waals surface area contributed by atoms with Crippen LogP contribution in [0.1, 0.15) is 39.3 Å². The first kappa shape index (κ1) is 17.0. The van der Waals surface area contributed by atoms with Crippen LogP contribution in [-0.2, 0) is 11.2 Å². The van der Waals surface area contributed by atoms with E-state index >= 15 is 0 Å². The summed E-state index contributed by atoms with van der Waals surface area (Å²) in [6, 6.07) is 21.8. The van der Waals surface area contributed by atoms with Gasteiger partial charge in [0.05, 0.1) is 7.11 Å². The highest BCUT2D eigenvalue weighted by Gasteiger charge is 2.36. The number of fused-ring (bicyclic) bond motifs is 5. The maximum absolute atomic E-state index is 12.9. The summed E-state index contributed by atoms with van der Waals surface area (Å²) in [7, 11) is 1.66. The minimum absolute atomic E-state index is 0.0104. The van der Waals surface area contributed by atoms with E-state index in [1.54, 1.807) is 7.11 Å². The zero-order chi connectivity index (χ0) is 19.1. The van der Waals surface area contributed by atoms with Crippen LogP contribution in [0.3, 0.4) is 0 Å². The van der Waals surface area contributed by atoms with E-state index in [2.05, 4.69) is 24.3 Å². The van der Waals surface area contributed by atoms with Crippen LogP contribution < -0.4 is 4.74 Å². The quantitative estimate of drug-likeness (QED) is 0.442. The molecule has 2 heterocycles. The van der Waals surface area contributed by atoms with Gasteiger partial charge in [0.15, 0.2) is 5.78 Å². The first-order valence-electron chi connectivity index (χ1n) is 9.46. The van der Waals surface area contributed by atoms with E-state index in [1.807, 2.05) is 54.6 Å². The van der Waals surface area contributed by atoms with Crippen molar-refractivity contribution in [3.8, 4) is 16.9 Å². The lowest BCUT2D eigenvalue weighted by molar-refractivity contribution is 0.0874. The molecule has 3 nitrogen and oxygen atoms in total. The fourth-order valence-electron chi connectivity index (χ4n) is 4.11. The molecule has 2 aliphatic rings. The van der Waals surface area contributed by atoms with Crippen LogP contribution in [0.25, 0.3) is 11.1 Å². The van der Waals surface area contributed by atoms with Gasteiger partial charge in [0, 0.05) is 12.0 Å². The highest BCUT2D eigenvalue weighted by Crippen LogP contribution is 2.48. The fourth-order valence-corrected chi connectivity index (χ4v) is 4.11. The lowest BCUT2D eigenvalue weighted by Crippen LogP contribution is -2.08. The molecule has 0 aliphatic carbocycles. The molecule has 0 saturated heterocycles. The summed E-state index contributed by atoms with van der Waals surface area (Å²) in [5.41, 5.74) is 6.33. The Bertz CT molecular complexity index is 1060. The number of rotatable bonds is 5. The molecule has 0 saturated carbocycles. The first-order chi connectivity index (χ1) is 13.7. The normalized spacial score (nSPS) is 18.9. The van der Waals surface area contributed by atoms with Gasteiger partial charge in [0.2, 0.25) is 0 Å². The number of Topliss-reactive ketones (excluding diaryl/α,β-unsaturated/α-hetero) is 1. The van der Waals surface area contributed by atoms with E-state index in [1.165, 1.54) is 5.56 Å². The maximum atomic E-state index is 12.9. The van der Waals surface area contributed by atoms with Gasteiger partial charge in [0.1, 0.15) is 18.0 Å². The summed E-state index contributed by atoms with van der Waals surface area (Å²) in [6.07, 6.45) is 4.52. The third kappa shape index (κ3) is 2.85. The molecule has 0 N–H and O–H groups in total. The van der Waals surface area contributed by atoms with Gasteiger partial charge in [-0.25, -0.2) is 0 Å². The number of ketones is 1. The van der Waals surface area contributed by atoms with Crippen molar-refractivity contribution in [2.24, 2.45) is 0 Å². The smallest absolute Gasteiger partial charge is 0.167 e. The number of methoxy groups -OCH3 is 1. The van der Waals surface area contributed by atoms with Crippen molar-refractivity contribution in [1.82, 2.24) is 0 Å². The Labute approximate surface area is 164 Å². The van der Waals surface area contributed by atoms with Crippen LogP contribution in [0.15, 0.2) is 78.9 Å². The fraction of sp³-hybridized carbons (Fsp3) is 0.160. The highest BCUT2D eigenvalue weighted by atomic mass is 16.5. The molecule has 2 aliphatic heterocycles. The molecule has 138 valence electrons. The Morgan fingerprint density at radius 2 is 1.68 bits per heavy atom. The average molecular weight is 368 g/mol. The van der Waals surface area contributed by atoms with Crippen LogP contribution >= 0.6 is 0 Å². The molecular weight excluding hydrogens is 348 g/mol. The van der Waals surface area contributed by atoms with E-state index in [4.69, 9.17) is 9.47 Å². The van der Waals surface area contributed by atoms with Gasteiger partial charge in [0.25, 0.3) is 0 Å². The Morgan fingerprint density at radius 3 is 2.43 bits per heavy atom. The molecule has 3 aromatic carbocycles. The van der Waals surface area contributed by atoms with Crippen LogP contribution in [0, 0.1) is 0 Å². The zero-order valence-corrected chi connectivity index (χ0v) is 15.6. The molecule has 0 spiro atoms. The monoisotopic (exact) mass is 368 g/mol. The van der Waals surface area contributed by atoms with Gasteiger partial charge >= 0.3 is 0 Å². The number of hydrogen-bond acceptors (Lipinski definition) is 3. The van der Waals surface area contributed by atoms with Crippen molar-refractivity contribution >= 4 is 5.78 Å². The summed E-state index contributed by atoms with van der Waals surface area (Å²) in [5, 5.41) is 0. The van der Waals surface area contributed by atoms with Crippen molar-refractivity contribution in [3.05, 3.63) is 101 Å². The Balaban J connectivity index is 1.57. The van der Waals surface area contributed by atoms with Crippen molar-refractivity contribution < 1.29 is 14.3 Å². The molecule has 28 heavy (non-hydrogen) atoms. The van der Waals surface area contributed by atoms with E-state index in [0.29, 0.717) is 6.42 Å². The van der Waals surface area contributed by atoms with E-state index in [9.17, 15) is 4.79 Å². The van der Waals surface area contributed by atoms with Gasteiger partial charge < -0.3 is 9.47 Å². The summed E-state index contributed by atoms with van der Waals surface area (Å²) in [6.45, 7) is 0. The second kappa shape index (κ2) is 6.77. The van der Waals surface area contributed by atoms with E-state index in [-0.39, 0.29) is 18.0 Å². The van der Waals surface area contributed by atoms with Crippen LogP contribution in [0.2, 0.25) is 0 Å². The zero-order valence-electron chi connectivity index (χ0n) is 15.6. The molecule has 0 amide bonds. The van der Waals surface area contributed by atoms with Crippen molar-refractivity contribution in [2.45, 2.75) is 18.6 Å². The van der Waals surface area contributed by atoms with Crippen molar-refractivity contribution in [3.63, 3.8) is 0 Å². The summed E-state index contributed by atoms with van der Waals surface area (Å²) >= 11 is 0. The largest absolute Gasteiger partial charge is 0.497 e. The van der Waals surface area contributed by atoms with E-state index in [0.717, 1.165) is 33.6 Å². The molecule has 5 rings (SSSR count). The second-order valence-electron chi connectivity index (χ2n) is 7.19. The van der Waals surface area contributed by atoms with Crippen LogP contribution in [-0.4, -0.2) is 12.9 Å². The molecule has 0 fully saturated rings. The number of carbonyl (C=O) groups excluding carboxylic acids is 1. The predicted molar refractivity (Wildman–Crippen MR) is 109 cm³/mol. The number of ether oxygens (including phenoxy) is 2. The maximum Gasteiger partial charge on any atom is 0.167 e. The predicted octanol–water partition coefficient (Wildman–Crippen LogP) is 5.47. The molecule has 3 aromatic rings. The topological polar surface area (TPSA) is 35.5 Å². The van der Waals surface area contributed by atoms with Crippen molar-refractivity contribution in [1.29, 1.82) is 0 Å². The number of carbonyl (C=O) groups is 1. The third-order valence-corrected chi connectivity index (χ3v) is 5.51. The lowest BCUT2D eigenvalue weighted by atomic mass is 9.86. The van der Waals surface area contributed by atoms with Gasteiger partial charge in [-0.2, -0.15) is 0 Å². The molecule has 3 heteroatoms. The minimum atomic E-state index is -0.0384. The second-order valence-corrected chi connectivity index (χ2v) is 7.19. The minimum Gasteiger partial charge on any atom is -0.497 e. The Morgan fingerprint density at radius 1 is 0.929 bits per heavy atom. The SMILES string of the molecule is COc1ccc(-c2cc(CC(=O)c3ccccc3)c3c(c2)C2C=CC3O2)cc1. The summed E-state index contributed by atoms with van der Waals surface area (Å²) in [4.78, 5) is 12.9. The Kier molecular flexibility index (Phi) is 4.10. The summed E-state index contributed by atoms with van der Waals surface area (Å²) < 4.78 is 11.3. The Hall–Kier alpha value is -3.17. The van der Waals surface area contributed by atoms with Crippen molar-refractivity contribution in [2.75, 3.05) is 7.11 Å².